The van der Waals surface area contributed by atoms with E-state index in [1.807, 2.05) is 17.8 Å². The number of nitrogens with zero attached hydrogens (tertiary/aromatic N) is 2. The highest BCUT2D eigenvalue weighted by molar-refractivity contribution is 5.21. The summed E-state index contributed by atoms with van der Waals surface area (Å²) in [6.07, 6.45) is 3.51. The highest BCUT2D eigenvalue weighted by Gasteiger charge is 1.90. The zero-order valence-corrected chi connectivity index (χ0v) is 4.70. The van der Waals surface area contributed by atoms with Crippen molar-refractivity contribution in [3.05, 3.63) is 18.6 Å². The molecule has 8 heavy (non-hydrogen) atoms. The number of anilines is 1. The molecule has 0 spiro atoms. The van der Waals surface area contributed by atoms with Crippen LogP contribution < -0.4 is 10.3 Å². The van der Waals surface area contributed by atoms with Gasteiger partial charge in [0.25, 0.3) is 6.33 Å². The fraction of sp³-hybridized carbons (Fsp3) is 0.200. The van der Waals surface area contributed by atoms with Crippen LogP contribution in [0.5, 0.6) is 0 Å². The van der Waals surface area contributed by atoms with Crippen LogP contribution in [0.4, 0.5) is 5.82 Å². The van der Waals surface area contributed by atoms with Crippen LogP contribution in [0.2, 0.25) is 0 Å². The van der Waals surface area contributed by atoms with Gasteiger partial charge in [-0.25, -0.2) is 4.57 Å². The van der Waals surface area contributed by atoms with Crippen LogP contribution in [0.15, 0.2) is 18.6 Å². The highest BCUT2D eigenvalue weighted by atomic mass is 15.0. The molecule has 0 radical (unpaired) electrons. The van der Waals surface area contributed by atoms with Crippen LogP contribution in [-0.4, -0.2) is 4.98 Å². The number of nitrogens with two attached hydrogens (primary N) is 1. The molecule has 0 saturated heterocycles. The smallest absolute Gasteiger partial charge is 0.288 e. The molecule has 0 atom stereocenters. The van der Waals surface area contributed by atoms with E-state index in [1.165, 1.54) is 0 Å². The molecular formula is C5H8N3+. The van der Waals surface area contributed by atoms with E-state index in [2.05, 4.69) is 4.98 Å². The molecule has 0 aliphatic heterocycles. The minimum Gasteiger partial charge on any atom is -0.363 e. The maximum atomic E-state index is 5.30. The number of hydrogen-bond acceptors (Lipinski definition) is 2. The van der Waals surface area contributed by atoms with Gasteiger partial charge in [-0.2, -0.15) is 0 Å². The van der Waals surface area contributed by atoms with Gasteiger partial charge in [-0.05, 0) is 4.98 Å². The summed E-state index contributed by atoms with van der Waals surface area (Å²) in [4.78, 5) is 3.82. The van der Waals surface area contributed by atoms with Crippen molar-refractivity contribution in [3.63, 3.8) is 0 Å². The van der Waals surface area contributed by atoms with Gasteiger partial charge in [0.1, 0.15) is 0 Å². The third-order valence-corrected chi connectivity index (χ3v) is 0.869. The van der Waals surface area contributed by atoms with Gasteiger partial charge in [0.15, 0.2) is 0 Å². The molecule has 1 aromatic rings. The molecule has 1 rings (SSSR count). The molecule has 0 bridgehead atoms. The number of rotatable bonds is 0. The van der Waals surface area contributed by atoms with Crippen LogP contribution in [0, 0.1) is 0 Å². The van der Waals surface area contributed by atoms with Crippen molar-refractivity contribution in [1.29, 1.82) is 0 Å². The second-order valence-electron chi connectivity index (χ2n) is 1.65. The number of aromatic nitrogens is 2. The predicted molar refractivity (Wildman–Crippen MR) is 29.8 cm³/mol. The summed E-state index contributed by atoms with van der Waals surface area (Å²) in [5, 5.41) is 0. The molecule has 42 valence electrons. The Morgan fingerprint density at radius 3 is 2.88 bits per heavy atom. The maximum absolute atomic E-state index is 5.30. The molecule has 2 N–H and O–H groups in total. The van der Waals surface area contributed by atoms with Gasteiger partial charge in [-0.1, -0.05) is 0 Å². The first-order valence-electron chi connectivity index (χ1n) is 2.36. The Bertz CT molecular complexity index is 147. The first-order chi connectivity index (χ1) is 3.79. The third-order valence-electron chi connectivity index (χ3n) is 0.869. The molecule has 0 amide bonds. The lowest BCUT2D eigenvalue weighted by Crippen LogP contribution is -2.27. The molecule has 0 aromatic carbocycles. The summed E-state index contributed by atoms with van der Waals surface area (Å²) in [7, 11) is 1.90. The van der Waals surface area contributed by atoms with E-state index in [4.69, 9.17) is 5.73 Å². The Morgan fingerprint density at radius 1 is 1.75 bits per heavy atom. The first-order valence-corrected chi connectivity index (χ1v) is 2.36. The van der Waals surface area contributed by atoms with Crippen LogP contribution >= 0.6 is 0 Å². The molecule has 0 aliphatic rings. The molecule has 0 saturated carbocycles. The van der Waals surface area contributed by atoms with Gasteiger partial charge >= 0.3 is 0 Å². The van der Waals surface area contributed by atoms with E-state index in [9.17, 15) is 0 Å². The van der Waals surface area contributed by atoms with E-state index in [1.54, 1.807) is 12.4 Å². The van der Waals surface area contributed by atoms with E-state index in [0.717, 1.165) is 0 Å². The standard InChI is InChI=1S/C5H7N3/c1-8-3-2-5(6)7-4-8/h2-4,6H,1H3/p+1. The molecule has 1 heterocycles. The van der Waals surface area contributed by atoms with Crippen LogP contribution in [0.3, 0.4) is 0 Å². The van der Waals surface area contributed by atoms with Gasteiger partial charge in [-0.15, -0.1) is 0 Å². The third kappa shape index (κ3) is 0.932. The van der Waals surface area contributed by atoms with Crippen LogP contribution in [-0.2, 0) is 7.05 Å². The molecule has 0 fully saturated rings. The molecule has 3 heteroatoms. The largest absolute Gasteiger partial charge is 0.363 e. The monoisotopic (exact) mass is 110 g/mol. The average Bonchev–Trinajstić information content (AvgIpc) is 1.77. The zero-order chi connectivity index (χ0) is 5.98. The highest BCUT2D eigenvalue weighted by Crippen LogP contribution is 1.84. The average molecular weight is 110 g/mol. The first kappa shape index (κ1) is 5.03. The Labute approximate surface area is 47.8 Å². The molecule has 0 unspecified atom stereocenters. The maximum Gasteiger partial charge on any atom is 0.288 e. The van der Waals surface area contributed by atoms with Gasteiger partial charge in [-0.3, -0.25) is 0 Å². The minimum atomic E-state index is 0.558. The second-order valence-corrected chi connectivity index (χ2v) is 1.65. The summed E-state index contributed by atoms with van der Waals surface area (Å²) in [5.74, 6) is 0.558. The molecule has 3 nitrogen and oxygen atoms in total. The minimum absolute atomic E-state index is 0.558. The van der Waals surface area contributed by atoms with Crippen molar-refractivity contribution >= 4 is 5.82 Å². The number of nitrogen functional groups attached to an aromatic ring is 1. The Balaban J connectivity index is 3.03. The fourth-order valence-electron chi connectivity index (χ4n) is 0.433. The lowest BCUT2D eigenvalue weighted by molar-refractivity contribution is -0.674. The summed E-state index contributed by atoms with van der Waals surface area (Å²) >= 11 is 0. The summed E-state index contributed by atoms with van der Waals surface area (Å²) in [6.45, 7) is 0. The van der Waals surface area contributed by atoms with E-state index in [-0.39, 0.29) is 0 Å². The van der Waals surface area contributed by atoms with Crippen LogP contribution in [0.1, 0.15) is 0 Å². The Hall–Kier alpha value is -1.12. The molecular weight excluding hydrogens is 102 g/mol. The summed E-state index contributed by atoms with van der Waals surface area (Å²) in [6, 6.07) is 1.75. The van der Waals surface area contributed by atoms with E-state index >= 15 is 0 Å². The topological polar surface area (TPSA) is 42.8 Å². The van der Waals surface area contributed by atoms with Crippen molar-refractivity contribution in [3.8, 4) is 0 Å². The predicted octanol–water partition coefficient (Wildman–Crippen LogP) is -0.512. The number of hydrogen-bond donors (Lipinski definition) is 1. The van der Waals surface area contributed by atoms with Gasteiger partial charge < -0.3 is 5.73 Å². The van der Waals surface area contributed by atoms with E-state index < -0.39 is 0 Å². The Kier molecular flexibility index (Phi) is 1.12. The summed E-state index contributed by atoms with van der Waals surface area (Å²) in [5.41, 5.74) is 5.30. The van der Waals surface area contributed by atoms with Gasteiger partial charge in [0, 0.05) is 6.07 Å². The quantitative estimate of drug-likeness (QED) is 0.457. The molecule has 1 aromatic heterocycles. The number of aryl methyl sites for hydroxylation is 1. The van der Waals surface area contributed by atoms with Crippen LogP contribution in [0.25, 0.3) is 0 Å². The van der Waals surface area contributed by atoms with Gasteiger partial charge in [0.05, 0.1) is 13.2 Å². The lowest BCUT2D eigenvalue weighted by Gasteiger charge is -1.83. The molecule has 0 aliphatic carbocycles. The van der Waals surface area contributed by atoms with E-state index in [0.29, 0.717) is 5.82 Å². The van der Waals surface area contributed by atoms with Crippen molar-refractivity contribution in [1.82, 2.24) is 4.98 Å². The van der Waals surface area contributed by atoms with Crippen molar-refractivity contribution in [2.75, 3.05) is 5.73 Å². The van der Waals surface area contributed by atoms with Gasteiger partial charge in [0.2, 0.25) is 5.82 Å². The van der Waals surface area contributed by atoms with Crippen molar-refractivity contribution in [2.45, 2.75) is 0 Å². The fourth-order valence-corrected chi connectivity index (χ4v) is 0.433. The second kappa shape index (κ2) is 1.78. The Morgan fingerprint density at radius 2 is 2.50 bits per heavy atom. The SMILES string of the molecule is C[n+]1ccc(N)nc1. The van der Waals surface area contributed by atoms with Crippen molar-refractivity contribution < 1.29 is 4.57 Å². The normalized spacial score (nSPS) is 9.12. The lowest BCUT2D eigenvalue weighted by atomic mass is 10.6. The summed E-state index contributed by atoms with van der Waals surface area (Å²) < 4.78 is 1.83. The zero-order valence-electron chi connectivity index (χ0n) is 4.70. The van der Waals surface area contributed by atoms with Crippen molar-refractivity contribution in [2.24, 2.45) is 7.05 Å².